The molecule has 4 heteroatoms. The lowest BCUT2D eigenvalue weighted by atomic mass is 10.2. The van der Waals surface area contributed by atoms with Crippen molar-refractivity contribution in [3.8, 4) is 0 Å². The van der Waals surface area contributed by atoms with E-state index in [1.165, 1.54) is 25.7 Å². The molecule has 0 saturated carbocycles. The minimum absolute atomic E-state index is 0.544. The molecule has 0 aliphatic rings. The second kappa shape index (κ2) is 7.04. The van der Waals surface area contributed by atoms with Gasteiger partial charge in [0, 0.05) is 19.0 Å². The molecule has 0 amide bonds. The fourth-order valence-corrected chi connectivity index (χ4v) is 1.53. The summed E-state index contributed by atoms with van der Waals surface area (Å²) < 4.78 is 0. The Morgan fingerprint density at radius 2 is 2.00 bits per heavy atom. The standard InChI is InChI=1S/C12H22N4/c1-3-5-6-7-8-14-12-9-10(13)15-11(4-2)16-12/h9H,3-8H2,1-2H3,(H3,13,14,15,16). The minimum Gasteiger partial charge on any atom is -0.384 e. The van der Waals surface area contributed by atoms with E-state index in [1.807, 2.05) is 6.92 Å². The normalized spacial score (nSPS) is 10.4. The number of nitrogens with one attached hydrogen (secondary N) is 1. The van der Waals surface area contributed by atoms with E-state index < -0.39 is 0 Å². The second-order valence-corrected chi connectivity index (χ2v) is 3.94. The van der Waals surface area contributed by atoms with Crippen molar-refractivity contribution in [1.82, 2.24) is 9.97 Å². The predicted molar refractivity (Wildman–Crippen MR) is 68.5 cm³/mol. The number of rotatable bonds is 7. The van der Waals surface area contributed by atoms with Crippen molar-refractivity contribution >= 4 is 11.6 Å². The fourth-order valence-electron chi connectivity index (χ4n) is 1.53. The van der Waals surface area contributed by atoms with Crippen LogP contribution in [0.4, 0.5) is 11.6 Å². The van der Waals surface area contributed by atoms with E-state index in [9.17, 15) is 0 Å². The molecule has 0 spiro atoms. The summed E-state index contributed by atoms with van der Waals surface area (Å²) in [4.78, 5) is 8.50. The topological polar surface area (TPSA) is 63.8 Å². The van der Waals surface area contributed by atoms with Crippen LogP contribution in [0.2, 0.25) is 0 Å². The molecule has 1 heterocycles. The number of nitrogens with two attached hydrogens (primary N) is 1. The lowest BCUT2D eigenvalue weighted by Gasteiger charge is -2.07. The molecule has 16 heavy (non-hydrogen) atoms. The quantitative estimate of drug-likeness (QED) is 0.696. The summed E-state index contributed by atoms with van der Waals surface area (Å²) in [5.74, 6) is 2.19. The van der Waals surface area contributed by atoms with Crippen LogP contribution in [-0.2, 0) is 6.42 Å². The number of anilines is 2. The average Bonchev–Trinajstić information content (AvgIpc) is 2.28. The number of nitrogens with zero attached hydrogens (tertiary/aromatic N) is 2. The summed E-state index contributed by atoms with van der Waals surface area (Å²) in [5, 5.41) is 3.29. The molecule has 0 radical (unpaired) electrons. The highest BCUT2D eigenvalue weighted by Gasteiger charge is 2.00. The summed E-state index contributed by atoms with van der Waals surface area (Å²) in [7, 11) is 0. The Kier molecular flexibility index (Phi) is 5.61. The number of hydrogen-bond donors (Lipinski definition) is 2. The first kappa shape index (κ1) is 12.7. The first-order chi connectivity index (χ1) is 7.76. The van der Waals surface area contributed by atoms with Gasteiger partial charge >= 0.3 is 0 Å². The van der Waals surface area contributed by atoms with E-state index in [1.54, 1.807) is 6.07 Å². The molecule has 0 unspecified atom stereocenters. The van der Waals surface area contributed by atoms with Gasteiger partial charge in [-0.2, -0.15) is 0 Å². The van der Waals surface area contributed by atoms with Gasteiger partial charge in [-0.05, 0) is 6.42 Å². The molecule has 0 atom stereocenters. The Morgan fingerprint density at radius 1 is 1.19 bits per heavy atom. The molecule has 1 aromatic heterocycles. The van der Waals surface area contributed by atoms with Crippen LogP contribution < -0.4 is 11.1 Å². The van der Waals surface area contributed by atoms with Gasteiger partial charge in [0.1, 0.15) is 17.5 Å². The van der Waals surface area contributed by atoms with Gasteiger partial charge in [0.15, 0.2) is 0 Å². The molecule has 0 aliphatic carbocycles. The molecule has 0 aliphatic heterocycles. The first-order valence-corrected chi connectivity index (χ1v) is 6.13. The van der Waals surface area contributed by atoms with E-state index in [0.717, 1.165) is 24.6 Å². The maximum atomic E-state index is 5.70. The van der Waals surface area contributed by atoms with Crippen LogP contribution in [0, 0.1) is 0 Å². The summed E-state index contributed by atoms with van der Waals surface area (Å²) >= 11 is 0. The zero-order valence-electron chi connectivity index (χ0n) is 10.3. The van der Waals surface area contributed by atoms with Crippen molar-refractivity contribution in [2.45, 2.75) is 46.0 Å². The maximum absolute atomic E-state index is 5.70. The van der Waals surface area contributed by atoms with Gasteiger partial charge in [0.05, 0.1) is 0 Å². The molecule has 1 rings (SSSR count). The lowest BCUT2D eigenvalue weighted by molar-refractivity contribution is 0.684. The Bertz CT molecular complexity index is 312. The van der Waals surface area contributed by atoms with E-state index >= 15 is 0 Å². The van der Waals surface area contributed by atoms with Crippen LogP contribution in [-0.4, -0.2) is 16.5 Å². The van der Waals surface area contributed by atoms with Crippen molar-refractivity contribution in [3.05, 3.63) is 11.9 Å². The maximum Gasteiger partial charge on any atom is 0.132 e. The second-order valence-electron chi connectivity index (χ2n) is 3.94. The highest BCUT2D eigenvalue weighted by Crippen LogP contribution is 2.09. The van der Waals surface area contributed by atoms with Crippen molar-refractivity contribution in [3.63, 3.8) is 0 Å². The molecule has 0 saturated heterocycles. The Labute approximate surface area is 97.7 Å². The number of hydrogen-bond acceptors (Lipinski definition) is 4. The van der Waals surface area contributed by atoms with Gasteiger partial charge < -0.3 is 11.1 Å². The summed E-state index contributed by atoms with van der Waals surface area (Å²) in [6.45, 7) is 5.20. The third-order valence-corrected chi connectivity index (χ3v) is 2.44. The minimum atomic E-state index is 0.544. The Hall–Kier alpha value is -1.32. The van der Waals surface area contributed by atoms with Gasteiger partial charge in [0.2, 0.25) is 0 Å². The van der Waals surface area contributed by atoms with Crippen LogP contribution in [0.15, 0.2) is 6.07 Å². The van der Waals surface area contributed by atoms with Gasteiger partial charge in [0.25, 0.3) is 0 Å². The molecule has 0 bridgehead atoms. The zero-order chi connectivity index (χ0) is 11.8. The largest absolute Gasteiger partial charge is 0.384 e. The van der Waals surface area contributed by atoms with Gasteiger partial charge in [-0.25, -0.2) is 9.97 Å². The van der Waals surface area contributed by atoms with Crippen LogP contribution in [0.25, 0.3) is 0 Å². The molecule has 90 valence electrons. The Morgan fingerprint density at radius 3 is 2.69 bits per heavy atom. The van der Waals surface area contributed by atoms with Crippen LogP contribution in [0.1, 0.15) is 45.4 Å². The van der Waals surface area contributed by atoms with Crippen LogP contribution >= 0.6 is 0 Å². The third kappa shape index (κ3) is 4.47. The first-order valence-electron chi connectivity index (χ1n) is 6.13. The molecule has 0 aromatic carbocycles. The van der Waals surface area contributed by atoms with Crippen molar-refractivity contribution in [2.24, 2.45) is 0 Å². The van der Waals surface area contributed by atoms with E-state index in [2.05, 4.69) is 22.2 Å². The van der Waals surface area contributed by atoms with Crippen LogP contribution in [0.5, 0.6) is 0 Å². The highest BCUT2D eigenvalue weighted by molar-refractivity contribution is 5.44. The number of aromatic nitrogens is 2. The zero-order valence-corrected chi connectivity index (χ0v) is 10.3. The lowest BCUT2D eigenvalue weighted by Crippen LogP contribution is -2.07. The Balaban J connectivity index is 2.38. The summed E-state index contributed by atoms with van der Waals surface area (Å²) in [6, 6.07) is 1.79. The van der Waals surface area contributed by atoms with E-state index in [-0.39, 0.29) is 0 Å². The number of aryl methyl sites for hydroxylation is 1. The number of unbranched alkanes of at least 4 members (excludes halogenated alkanes) is 3. The van der Waals surface area contributed by atoms with Crippen LogP contribution in [0.3, 0.4) is 0 Å². The molecular weight excluding hydrogens is 200 g/mol. The monoisotopic (exact) mass is 222 g/mol. The van der Waals surface area contributed by atoms with Crippen molar-refractivity contribution in [1.29, 1.82) is 0 Å². The molecule has 3 N–H and O–H groups in total. The highest BCUT2D eigenvalue weighted by atomic mass is 15.0. The smallest absolute Gasteiger partial charge is 0.132 e. The SMILES string of the molecule is CCCCCCNc1cc(N)nc(CC)n1. The molecule has 4 nitrogen and oxygen atoms in total. The van der Waals surface area contributed by atoms with Gasteiger partial charge in [-0.15, -0.1) is 0 Å². The number of nitrogen functional groups attached to an aromatic ring is 1. The van der Waals surface area contributed by atoms with Crippen molar-refractivity contribution in [2.75, 3.05) is 17.6 Å². The average molecular weight is 222 g/mol. The predicted octanol–water partition coefficient (Wildman–Crippen LogP) is 2.61. The third-order valence-electron chi connectivity index (χ3n) is 2.44. The molecule has 1 aromatic rings. The van der Waals surface area contributed by atoms with Crippen molar-refractivity contribution < 1.29 is 0 Å². The molecule has 0 fully saturated rings. The fraction of sp³-hybridized carbons (Fsp3) is 0.667. The van der Waals surface area contributed by atoms with Gasteiger partial charge in [-0.1, -0.05) is 33.1 Å². The van der Waals surface area contributed by atoms with Gasteiger partial charge in [-0.3, -0.25) is 0 Å². The van der Waals surface area contributed by atoms with E-state index in [4.69, 9.17) is 5.73 Å². The van der Waals surface area contributed by atoms with E-state index in [0.29, 0.717) is 5.82 Å². The molecular formula is C12H22N4. The summed E-state index contributed by atoms with van der Waals surface area (Å²) in [6.07, 6.45) is 5.83. The summed E-state index contributed by atoms with van der Waals surface area (Å²) in [5.41, 5.74) is 5.70.